The number of benzene rings is 1. The monoisotopic (exact) mass is 347 g/mol. The molecule has 2 heterocycles. The Morgan fingerprint density at radius 1 is 1.08 bits per heavy atom. The Hall–Kier alpha value is -0.550. The molecule has 2 aliphatic heterocycles. The van der Waals surface area contributed by atoms with Crippen molar-refractivity contribution in [3.8, 4) is 0 Å². The third-order valence-electron chi connectivity index (χ3n) is 5.97. The summed E-state index contributed by atoms with van der Waals surface area (Å²) >= 11 is 1.84. The lowest BCUT2D eigenvalue weighted by Gasteiger charge is -2.42. The van der Waals surface area contributed by atoms with E-state index in [0.29, 0.717) is 0 Å². The van der Waals surface area contributed by atoms with Crippen molar-refractivity contribution in [1.82, 2.24) is 14.7 Å². The SMILES string of the molecule is CSc1cccc(CN2CCC([C@@H](C)N3CCN(C)CC3)CC2)c1. The van der Waals surface area contributed by atoms with Gasteiger partial charge in [-0.05, 0) is 69.8 Å². The molecular formula is C20H33N3S. The molecule has 0 aromatic heterocycles. The highest BCUT2D eigenvalue weighted by Gasteiger charge is 2.29. The van der Waals surface area contributed by atoms with Gasteiger partial charge in [-0.25, -0.2) is 0 Å². The van der Waals surface area contributed by atoms with E-state index in [0.717, 1.165) is 18.5 Å². The zero-order valence-corrected chi connectivity index (χ0v) is 16.4. The third kappa shape index (κ3) is 4.75. The maximum Gasteiger partial charge on any atom is 0.0234 e. The van der Waals surface area contributed by atoms with Crippen molar-refractivity contribution < 1.29 is 0 Å². The van der Waals surface area contributed by atoms with Gasteiger partial charge in [-0.15, -0.1) is 11.8 Å². The first kappa shape index (κ1) is 18.2. The average molecular weight is 348 g/mol. The first-order valence-electron chi connectivity index (χ1n) is 9.43. The highest BCUT2D eigenvalue weighted by Crippen LogP contribution is 2.26. The van der Waals surface area contributed by atoms with Crippen LogP contribution in [-0.4, -0.2) is 73.3 Å². The molecule has 0 radical (unpaired) electrons. The minimum absolute atomic E-state index is 0.751. The fourth-order valence-corrected chi connectivity index (χ4v) is 4.63. The van der Waals surface area contributed by atoms with Gasteiger partial charge in [0, 0.05) is 43.7 Å². The molecule has 2 aliphatic rings. The van der Waals surface area contributed by atoms with Crippen molar-refractivity contribution in [2.75, 3.05) is 52.6 Å². The maximum absolute atomic E-state index is 2.72. The molecule has 2 saturated heterocycles. The quantitative estimate of drug-likeness (QED) is 0.756. The molecule has 0 amide bonds. The number of nitrogens with zero attached hydrogens (tertiary/aromatic N) is 3. The summed E-state index contributed by atoms with van der Waals surface area (Å²) in [5, 5.41) is 0. The molecule has 0 saturated carbocycles. The van der Waals surface area contributed by atoms with Crippen LogP contribution in [0.25, 0.3) is 0 Å². The number of rotatable bonds is 5. The Morgan fingerprint density at radius 3 is 2.46 bits per heavy atom. The van der Waals surface area contributed by atoms with Crippen LogP contribution >= 0.6 is 11.8 Å². The topological polar surface area (TPSA) is 9.72 Å². The van der Waals surface area contributed by atoms with E-state index >= 15 is 0 Å². The molecule has 2 fully saturated rings. The van der Waals surface area contributed by atoms with Crippen molar-refractivity contribution >= 4 is 11.8 Å². The van der Waals surface area contributed by atoms with Crippen molar-refractivity contribution in [1.29, 1.82) is 0 Å². The van der Waals surface area contributed by atoms with Crippen LogP contribution in [0.15, 0.2) is 29.2 Å². The number of piperazine rings is 1. The van der Waals surface area contributed by atoms with Gasteiger partial charge in [0.2, 0.25) is 0 Å². The molecule has 0 bridgehead atoms. The average Bonchev–Trinajstić information content (AvgIpc) is 2.62. The lowest BCUT2D eigenvalue weighted by Crippen LogP contribution is -2.51. The highest BCUT2D eigenvalue weighted by atomic mass is 32.2. The first-order chi connectivity index (χ1) is 11.7. The van der Waals surface area contributed by atoms with E-state index in [-0.39, 0.29) is 0 Å². The normalized spacial score (nSPS) is 23.5. The molecule has 24 heavy (non-hydrogen) atoms. The van der Waals surface area contributed by atoms with E-state index in [1.54, 1.807) is 0 Å². The highest BCUT2D eigenvalue weighted by molar-refractivity contribution is 7.98. The number of likely N-dealkylation sites (N-methyl/N-ethyl adjacent to an activating group) is 1. The number of hydrogen-bond donors (Lipinski definition) is 0. The zero-order valence-electron chi connectivity index (χ0n) is 15.6. The molecule has 134 valence electrons. The Bertz CT molecular complexity index is 505. The summed E-state index contributed by atoms with van der Waals surface area (Å²) in [4.78, 5) is 9.20. The van der Waals surface area contributed by atoms with E-state index < -0.39 is 0 Å². The molecule has 4 heteroatoms. The van der Waals surface area contributed by atoms with Gasteiger partial charge < -0.3 is 4.90 Å². The van der Waals surface area contributed by atoms with Crippen LogP contribution in [-0.2, 0) is 6.54 Å². The molecule has 1 atom stereocenters. The predicted molar refractivity (Wildman–Crippen MR) is 105 cm³/mol. The van der Waals surface area contributed by atoms with Gasteiger partial charge in [-0.2, -0.15) is 0 Å². The molecule has 3 nitrogen and oxygen atoms in total. The molecule has 0 N–H and O–H groups in total. The summed E-state index contributed by atoms with van der Waals surface area (Å²) < 4.78 is 0. The van der Waals surface area contributed by atoms with Gasteiger partial charge in [-0.3, -0.25) is 9.80 Å². The van der Waals surface area contributed by atoms with E-state index in [1.807, 2.05) is 11.8 Å². The summed E-state index contributed by atoms with van der Waals surface area (Å²) in [6.45, 7) is 11.1. The van der Waals surface area contributed by atoms with Crippen LogP contribution in [0, 0.1) is 5.92 Å². The Morgan fingerprint density at radius 2 is 1.79 bits per heavy atom. The summed E-state index contributed by atoms with van der Waals surface area (Å²) in [6, 6.07) is 9.78. The Balaban J connectivity index is 1.46. The number of piperidine rings is 1. The standard InChI is InChI=1S/C20H33N3S/c1-17(23-13-11-21(2)12-14-23)19-7-9-22(10-8-19)16-18-5-4-6-20(15-18)24-3/h4-6,15,17,19H,7-14,16H2,1-3H3/t17-/m1/s1. The number of hydrogen-bond acceptors (Lipinski definition) is 4. The summed E-state index contributed by atoms with van der Waals surface area (Å²) in [6.07, 6.45) is 4.87. The summed E-state index contributed by atoms with van der Waals surface area (Å²) in [5.41, 5.74) is 1.47. The Labute approximate surface area is 152 Å². The van der Waals surface area contributed by atoms with Gasteiger partial charge in [0.1, 0.15) is 0 Å². The van der Waals surface area contributed by atoms with Gasteiger partial charge in [0.05, 0.1) is 0 Å². The van der Waals surface area contributed by atoms with Crippen molar-refractivity contribution in [2.24, 2.45) is 5.92 Å². The second-order valence-electron chi connectivity index (χ2n) is 7.54. The maximum atomic E-state index is 2.72. The van der Waals surface area contributed by atoms with Crippen LogP contribution in [0.4, 0.5) is 0 Å². The van der Waals surface area contributed by atoms with E-state index in [2.05, 4.69) is 59.2 Å². The van der Waals surface area contributed by atoms with Gasteiger partial charge in [-0.1, -0.05) is 12.1 Å². The van der Waals surface area contributed by atoms with Crippen LogP contribution in [0.2, 0.25) is 0 Å². The number of likely N-dealkylation sites (tertiary alicyclic amines) is 1. The lowest BCUT2D eigenvalue weighted by atomic mass is 9.89. The van der Waals surface area contributed by atoms with Gasteiger partial charge in [0.15, 0.2) is 0 Å². The van der Waals surface area contributed by atoms with E-state index in [9.17, 15) is 0 Å². The minimum atomic E-state index is 0.751. The fourth-order valence-electron chi connectivity index (χ4n) is 4.15. The molecule has 1 aromatic rings. The van der Waals surface area contributed by atoms with Crippen LogP contribution in [0.3, 0.4) is 0 Å². The van der Waals surface area contributed by atoms with Crippen LogP contribution < -0.4 is 0 Å². The van der Waals surface area contributed by atoms with Crippen LogP contribution in [0.1, 0.15) is 25.3 Å². The predicted octanol–water partition coefficient (Wildman–Crippen LogP) is 3.26. The molecule has 1 aromatic carbocycles. The second-order valence-corrected chi connectivity index (χ2v) is 8.42. The molecular weight excluding hydrogens is 314 g/mol. The molecule has 3 rings (SSSR count). The van der Waals surface area contributed by atoms with Gasteiger partial charge >= 0.3 is 0 Å². The van der Waals surface area contributed by atoms with Crippen molar-refractivity contribution in [3.63, 3.8) is 0 Å². The molecule has 0 aliphatic carbocycles. The fraction of sp³-hybridized carbons (Fsp3) is 0.700. The van der Waals surface area contributed by atoms with E-state index in [4.69, 9.17) is 0 Å². The zero-order chi connectivity index (χ0) is 16.9. The molecule has 0 unspecified atom stereocenters. The minimum Gasteiger partial charge on any atom is -0.304 e. The van der Waals surface area contributed by atoms with Crippen LogP contribution in [0.5, 0.6) is 0 Å². The lowest BCUT2D eigenvalue weighted by molar-refractivity contribution is 0.0598. The first-order valence-corrected chi connectivity index (χ1v) is 10.7. The van der Waals surface area contributed by atoms with Gasteiger partial charge in [0.25, 0.3) is 0 Å². The van der Waals surface area contributed by atoms with Crippen molar-refractivity contribution in [2.45, 2.75) is 37.2 Å². The largest absolute Gasteiger partial charge is 0.304 e. The smallest absolute Gasteiger partial charge is 0.0234 e. The summed E-state index contributed by atoms with van der Waals surface area (Å²) in [7, 11) is 2.24. The van der Waals surface area contributed by atoms with Crippen molar-refractivity contribution in [3.05, 3.63) is 29.8 Å². The number of thioether (sulfide) groups is 1. The van der Waals surface area contributed by atoms with E-state index in [1.165, 1.54) is 62.6 Å². The summed E-state index contributed by atoms with van der Waals surface area (Å²) in [5.74, 6) is 0.877. The third-order valence-corrected chi connectivity index (χ3v) is 6.69. The second kappa shape index (κ2) is 8.70. The Kier molecular flexibility index (Phi) is 6.62. The molecule has 0 spiro atoms.